The van der Waals surface area contributed by atoms with E-state index in [1.807, 2.05) is 78.9 Å². The van der Waals surface area contributed by atoms with E-state index in [4.69, 9.17) is 16.6 Å². The molecule has 0 aromatic heterocycles. The van der Waals surface area contributed by atoms with Crippen LogP contribution in [0.1, 0.15) is 27.4 Å². The zero-order chi connectivity index (χ0) is 16.5. The van der Waals surface area contributed by atoms with Crippen LogP contribution in [0.2, 0.25) is 5.02 Å². The second-order valence-electron chi connectivity index (χ2n) is 5.73. The van der Waals surface area contributed by atoms with Crippen LogP contribution in [0.25, 0.3) is 0 Å². The van der Waals surface area contributed by atoms with Gasteiger partial charge in [0.05, 0.1) is 17.3 Å². The summed E-state index contributed by atoms with van der Waals surface area (Å²) in [5, 5.41) is 0.656. The molecule has 0 saturated heterocycles. The molecule has 1 aliphatic rings. The highest BCUT2D eigenvalue weighted by atomic mass is 35.5. The van der Waals surface area contributed by atoms with E-state index in [2.05, 4.69) is 0 Å². The molecular formula is C21H14ClNO. The van der Waals surface area contributed by atoms with Crippen molar-refractivity contribution in [3.63, 3.8) is 0 Å². The van der Waals surface area contributed by atoms with Crippen LogP contribution in [-0.4, -0.2) is 11.5 Å². The van der Waals surface area contributed by atoms with Gasteiger partial charge in [-0.1, -0.05) is 66.2 Å². The highest BCUT2D eigenvalue weighted by molar-refractivity contribution is 6.32. The predicted molar refractivity (Wildman–Crippen MR) is 97.6 cm³/mol. The maximum atomic E-state index is 13.0. The van der Waals surface area contributed by atoms with Crippen molar-refractivity contribution < 1.29 is 4.79 Å². The molecule has 3 aromatic carbocycles. The topological polar surface area (TPSA) is 29.4 Å². The molecule has 2 nitrogen and oxygen atoms in total. The van der Waals surface area contributed by atoms with Crippen LogP contribution in [0.15, 0.2) is 83.9 Å². The van der Waals surface area contributed by atoms with Gasteiger partial charge in [0.25, 0.3) is 0 Å². The first kappa shape index (κ1) is 14.9. The molecule has 0 bridgehead atoms. The number of benzene rings is 3. The lowest BCUT2D eigenvalue weighted by Gasteiger charge is -2.11. The molecule has 0 N–H and O–H groups in total. The highest BCUT2D eigenvalue weighted by Crippen LogP contribution is 2.36. The molecule has 0 unspecified atom stereocenters. The lowest BCUT2D eigenvalue weighted by atomic mass is 9.93. The second-order valence-corrected chi connectivity index (χ2v) is 6.16. The molecule has 1 atom stereocenters. The van der Waals surface area contributed by atoms with Gasteiger partial charge in [-0.05, 0) is 29.8 Å². The zero-order valence-electron chi connectivity index (χ0n) is 12.8. The number of rotatable bonds is 2. The summed E-state index contributed by atoms with van der Waals surface area (Å²) >= 11 is 5.99. The van der Waals surface area contributed by atoms with Gasteiger partial charge in [0, 0.05) is 16.1 Å². The molecule has 0 aliphatic heterocycles. The average Bonchev–Trinajstić information content (AvgIpc) is 2.89. The van der Waals surface area contributed by atoms with Crippen molar-refractivity contribution >= 4 is 28.8 Å². The van der Waals surface area contributed by atoms with E-state index < -0.39 is 0 Å². The Bertz CT molecular complexity index is 930. The monoisotopic (exact) mass is 331 g/mol. The predicted octanol–water partition coefficient (Wildman–Crippen LogP) is 5.44. The summed E-state index contributed by atoms with van der Waals surface area (Å²) in [5.41, 5.74) is 4.19. The largest absolute Gasteiger partial charge is 0.293 e. The van der Waals surface area contributed by atoms with Crippen molar-refractivity contribution in [2.45, 2.75) is 5.92 Å². The Hall–Kier alpha value is -2.71. The lowest BCUT2D eigenvalue weighted by molar-refractivity contribution is 0.0988. The molecule has 3 heteroatoms. The third kappa shape index (κ3) is 2.55. The Labute approximate surface area is 145 Å². The fourth-order valence-corrected chi connectivity index (χ4v) is 3.21. The third-order valence-corrected chi connectivity index (χ3v) is 4.47. The Balaban J connectivity index is 1.90. The number of fused-ring (bicyclic) bond motifs is 1. The van der Waals surface area contributed by atoms with Crippen molar-refractivity contribution in [3.8, 4) is 0 Å². The quantitative estimate of drug-likeness (QED) is 0.614. The third-order valence-electron chi connectivity index (χ3n) is 4.21. The minimum Gasteiger partial charge on any atom is -0.293 e. The van der Waals surface area contributed by atoms with Crippen LogP contribution in [0.4, 0.5) is 5.69 Å². The minimum atomic E-state index is -0.389. The van der Waals surface area contributed by atoms with Gasteiger partial charge in [-0.15, -0.1) is 0 Å². The lowest BCUT2D eigenvalue weighted by Crippen LogP contribution is -2.13. The summed E-state index contributed by atoms with van der Waals surface area (Å²) in [6, 6.07) is 24.8. The Morgan fingerprint density at radius 1 is 0.750 bits per heavy atom. The van der Waals surface area contributed by atoms with Crippen LogP contribution in [0.3, 0.4) is 0 Å². The number of carbonyl (C=O) groups is 1. The van der Waals surface area contributed by atoms with Gasteiger partial charge >= 0.3 is 0 Å². The number of halogens is 1. The summed E-state index contributed by atoms with van der Waals surface area (Å²) in [6.45, 7) is 0. The molecule has 1 aliphatic carbocycles. The van der Waals surface area contributed by atoms with E-state index >= 15 is 0 Å². The molecule has 0 radical (unpaired) electrons. The van der Waals surface area contributed by atoms with E-state index in [0.717, 1.165) is 28.1 Å². The maximum absolute atomic E-state index is 13.0. The van der Waals surface area contributed by atoms with Crippen LogP contribution in [0, 0.1) is 0 Å². The van der Waals surface area contributed by atoms with Gasteiger partial charge in [-0.3, -0.25) is 9.79 Å². The number of Topliss-reactive ketones (excluding diaryl/α,β-unsaturated/α-hetero) is 1. The standard InChI is InChI=1S/C21H14ClNO/c22-15-12-10-14(11-13-15)19-20(23-16-6-2-1-3-7-16)17-8-4-5-9-18(17)21(19)24/h1-13,19H/t19-/m1/s1. The van der Waals surface area contributed by atoms with Crippen LogP contribution in [0.5, 0.6) is 0 Å². The van der Waals surface area contributed by atoms with E-state index in [-0.39, 0.29) is 11.7 Å². The summed E-state index contributed by atoms with van der Waals surface area (Å²) in [4.78, 5) is 17.8. The number of hydrogen-bond donors (Lipinski definition) is 0. The highest BCUT2D eigenvalue weighted by Gasteiger charge is 2.37. The number of para-hydroxylation sites is 1. The van der Waals surface area contributed by atoms with E-state index in [0.29, 0.717) is 5.02 Å². The summed E-state index contributed by atoms with van der Waals surface area (Å²) in [6.07, 6.45) is 0. The van der Waals surface area contributed by atoms with Gasteiger partial charge in [0.2, 0.25) is 0 Å². The van der Waals surface area contributed by atoms with Gasteiger partial charge in [0.1, 0.15) is 0 Å². The molecule has 116 valence electrons. The normalized spacial score (nSPS) is 18.0. The molecule has 3 aromatic rings. The number of carbonyl (C=O) groups excluding carboxylic acids is 1. The Morgan fingerprint density at radius 3 is 2.08 bits per heavy atom. The second kappa shape index (κ2) is 6.06. The molecule has 0 spiro atoms. The van der Waals surface area contributed by atoms with Crippen LogP contribution < -0.4 is 0 Å². The summed E-state index contributed by atoms with van der Waals surface area (Å²) in [7, 11) is 0. The van der Waals surface area contributed by atoms with Crippen molar-refractivity contribution in [1.82, 2.24) is 0 Å². The number of aliphatic imine (C=N–C) groups is 1. The SMILES string of the molecule is O=C1c2ccccc2C(=Nc2ccccc2)[C@H]1c1ccc(Cl)cc1. The van der Waals surface area contributed by atoms with Gasteiger partial charge in [-0.2, -0.15) is 0 Å². The average molecular weight is 332 g/mol. The number of hydrogen-bond acceptors (Lipinski definition) is 2. The first-order valence-electron chi connectivity index (χ1n) is 7.77. The van der Waals surface area contributed by atoms with Crippen molar-refractivity contribution in [2.75, 3.05) is 0 Å². The number of nitrogens with zero attached hydrogens (tertiary/aromatic N) is 1. The van der Waals surface area contributed by atoms with E-state index in [1.165, 1.54) is 0 Å². The first-order chi connectivity index (χ1) is 11.7. The van der Waals surface area contributed by atoms with Crippen molar-refractivity contribution in [1.29, 1.82) is 0 Å². The fraction of sp³-hybridized carbons (Fsp3) is 0.0476. The molecule has 0 fully saturated rings. The molecule has 0 amide bonds. The molecular weight excluding hydrogens is 318 g/mol. The fourth-order valence-electron chi connectivity index (χ4n) is 3.09. The smallest absolute Gasteiger partial charge is 0.176 e. The van der Waals surface area contributed by atoms with Crippen molar-refractivity contribution in [2.24, 2.45) is 4.99 Å². The Morgan fingerprint density at radius 2 is 1.38 bits per heavy atom. The van der Waals surface area contributed by atoms with Gasteiger partial charge < -0.3 is 0 Å². The first-order valence-corrected chi connectivity index (χ1v) is 8.14. The molecule has 0 heterocycles. The van der Waals surface area contributed by atoms with Gasteiger partial charge in [0.15, 0.2) is 5.78 Å². The maximum Gasteiger partial charge on any atom is 0.176 e. The minimum absolute atomic E-state index is 0.0857. The van der Waals surface area contributed by atoms with Crippen LogP contribution in [-0.2, 0) is 0 Å². The van der Waals surface area contributed by atoms with Gasteiger partial charge in [-0.25, -0.2) is 0 Å². The van der Waals surface area contributed by atoms with Crippen molar-refractivity contribution in [3.05, 3.63) is 101 Å². The summed E-state index contributed by atoms with van der Waals surface area (Å²) in [5.74, 6) is -0.303. The molecule has 0 saturated carbocycles. The van der Waals surface area contributed by atoms with Crippen LogP contribution >= 0.6 is 11.6 Å². The van der Waals surface area contributed by atoms with E-state index in [9.17, 15) is 4.79 Å². The Kier molecular flexibility index (Phi) is 3.75. The zero-order valence-corrected chi connectivity index (χ0v) is 13.6. The van der Waals surface area contributed by atoms with E-state index in [1.54, 1.807) is 0 Å². The number of ketones is 1. The summed E-state index contributed by atoms with van der Waals surface area (Å²) < 4.78 is 0. The molecule has 4 rings (SSSR count). The molecule has 24 heavy (non-hydrogen) atoms.